The third-order valence-electron chi connectivity index (χ3n) is 12.3. The summed E-state index contributed by atoms with van der Waals surface area (Å²) in [6.45, 7) is 7.83. The quantitative estimate of drug-likeness (QED) is 0.0361. The molecule has 0 spiro atoms. The Kier molecular flexibility index (Phi) is 29.5. The van der Waals surface area contributed by atoms with Crippen LogP contribution in [0.4, 0.5) is 0 Å². The highest BCUT2D eigenvalue weighted by Crippen LogP contribution is 2.48. The first-order valence-corrected chi connectivity index (χ1v) is 24.0. The Morgan fingerprint density at radius 2 is 0.707 bits per heavy atom. The van der Waals surface area contributed by atoms with Gasteiger partial charge in [0.15, 0.2) is 11.6 Å². The van der Waals surface area contributed by atoms with Crippen molar-refractivity contribution in [3.05, 3.63) is 0 Å². The molecule has 1 aliphatic rings. The first-order valence-electron chi connectivity index (χ1n) is 24.0. The van der Waals surface area contributed by atoms with Crippen LogP contribution in [0.3, 0.4) is 0 Å². The zero-order valence-corrected chi connectivity index (χ0v) is 37.5. The highest BCUT2D eigenvalue weighted by Gasteiger charge is 2.72. The van der Waals surface area contributed by atoms with Crippen LogP contribution in [0.25, 0.3) is 0 Å². The van der Waals surface area contributed by atoms with Gasteiger partial charge in [-0.15, -0.1) is 5.06 Å². The van der Waals surface area contributed by atoms with Crippen LogP contribution in [0, 0.1) is 10.8 Å². The Labute approximate surface area is 352 Å². The molecule has 0 bridgehead atoms. The van der Waals surface area contributed by atoms with Gasteiger partial charge < -0.3 is 10.6 Å². The molecular weight excluding hydrogens is 733 g/mol. The molecule has 1 aliphatic heterocycles. The Balaban J connectivity index is 3.83. The summed E-state index contributed by atoms with van der Waals surface area (Å²) in [5, 5.41) is 0.321. The van der Waals surface area contributed by atoms with Gasteiger partial charge in [0.2, 0.25) is 5.41 Å². The van der Waals surface area contributed by atoms with Crippen molar-refractivity contribution in [3.63, 3.8) is 0 Å². The van der Waals surface area contributed by atoms with Crippen molar-refractivity contribution in [3.8, 4) is 0 Å². The molecule has 0 aromatic heterocycles. The minimum atomic E-state index is -2.92. The van der Waals surface area contributed by atoms with Crippen LogP contribution in [-0.4, -0.2) is 52.5 Å². The molecule has 2 amide bonds. The highest BCUT2D eigenvalue weighted by molar-refractivity contribution is 6.31. The van der Waals surface area contributed by atoms with Crippen LogP contribution in [0.2, 0.25) is 0 Å². The minimum Gasteiger partial charge on any atom is -0.329 e. The summed E-state index contributed by atoms with van der Waals surface area (Å²) in [7, 11) is 0. The Bertz CT molecular complexity index is 1150. The summed E-state index contributed by atoms with van der Waals surface area (Å²) in [4.78, 5) is 107. The van der Waals surface area contributed by atoms with Crippen LogP contribution in [0.15, 0.2) is 0 Å². The minimum absolute atomic E-state index is 0.139. The van der Waals surface area contributed by atoms with E-state index in [0.29, 0.717) is 56.4 Å². The van der Waals surface area contributed by atoms with Crippen LogP contribution in [0.5, 0.6) is 0 Å². The van der Waals surface area contributed by atoms with E-state index in [0.717, 1.165) is 128 Å². The fourth-order valence-corrected chi connectivity index (χ4v) is 8.57. The number of Topliss-reactive ketones (excluding diaryl/α,β-unsaturated/α-hetero) is 4. The van der Waals surface area contributed by atoms with Gasteiger partial charge in [-0.05, 0) is 25.7 Å². The van der Waals surface area contributed by atoms with Gasteiger partial charge in [-0.25, -0.2) is 4.79 Å². The number of nitrogens with zero attached hydrogens (tertiary/aromatic N) is 1. The molecule has 0 radical (unpaired) electrons. The Morgan fingerprint density at radius 1 is 0.448 bits per heavy atom. The van der Waals surface area contributed by atoms with E-state index in [4.69, 9.17) is 10.6 Å². The molecule has 10 heteroatoms. The lowest BCUT2D eigenvalue weighted by Crippen LogP contribution is -2.68. The largest absolute Gasteiger partial charge is 0.355 e. The van der Waals surface area contributed by atoms with Gasteiger partial charge in [-0.1, -0.05) is 182 Å². The summed E-state index contributed by atoms with van der Waals surface area (Å²) in [5.74, 6) is -6.21. The van der Waals surface area contributed by atoms with Gasteiger partial charge in [-0.2, -0.15) is 0 Å². The van der Waals surface area contributed by atoms with Gasteiger partial charge in [0, 0.05) is 45.1 Å². The van der Waals surface area contributed by atoms with Crippen molar-refractivity contribution in [2.75, 3.05) is 6.54 Å². The number of carbonyl (C=O) groups excluding carboxylic acids is 7. The molecule has 58 heavy (non-hydrogen) atoms. The van der Waals surface area contributed by atoms with E-state index >= 15 is 14.4 Å². The maximum Gasteiger partial charge on any atom is 0.355 e. The number of unbranched alkanes of at least 4 members (excludes halogenated alkanes) is 24. The topological polar surface area (TPSA) is 158 Å². The van der Waals surface area contributed by atoms with E-state index in [2.05, 4.69) is 27.7 Å². The van der Waals surface area contributed by atoms with Crippen LogP contribution < -0.4 is 5.73 Å². The van der Waals surface area contributed by atoms with Crippen molar-refractivity contribution in [2.24, 2.45) is 16.6 Å². The predicted molar refractivity (Wildman–Crippen MR) is 232 cm³/mol. The van der Waals surface area contributed by atoms with Crippen LogP contribution in [0.1, 0.15) is 246 Å². The molecular formula is C48H84N2O8. The zero-order chi connectivity index (χ0) is 43.1. The van der Waals surface area contributed by atoms with E-state index in [-0.39, 0.29) is 38.5 Å². The van der Waals surface area contributed by atoms with Gasteiger partial charge >= 0.3 is 5.97 Å². The van der Waals surface area contributed by atoms with Crippen molar-refractivity contribution >= 4 is 40.9 Å². The average Bonchev–Trinajstić information content (AvgIpc) is 3.53. The number of carbonyl (C=O) groups is 7. The molecule has 0 aromatic rings. The van der Waals surface area contributed by atoms with E-state index in [1.54, 1.807) is 0 Å². The number of rotatable bonds is 40. The Morgan fingerprint density at radius 3 is 0.983 bits per heavy atom. The number of imide groups is 1. The summed E-state index contributed by atoms with van der Waals surface area (Å²) in [6, 6.07) is 0. The average molecular weight is 817 g/mol. The number of hydrogen-bond donors (Lipinski definition) is 1. The first kappa shape index (κ1) is 53.3. The van der Waals surface area contributed by atoms with E-state index < -0.39 is 58.3 Å². The number of hydrogen-bond acceptors (Lipinski definition) is 9. The molecule has 2 N–H and O–H groups in total. The van der Waals surface area contributed by atoms with Crippen molar-refractivity contribution in [2.45, 2.75) is 246 Å². The molecule has 1 rings (SSSR count). The second-order valence-corrected chi connectivity index (χ2v) is 17.0. The first-order chi connectivity index (χ1) is 28.1. The predicted octanol–water partition coefficient (Wildman–Crippen LogP) is 11.4. The molecule has 334 valence electrons. The Hall–Kier alpha value is -2.75. The third kappa shape index (κ3) is 17.1. The van der Waals surface area contributed by atoms with E-state index in [9.17, 15) is 19.2 Å². The van der Waals surface area contributed by atoms with Crippen molar-refractivity contribution < 1.29 is 38.4 Å². The summed E-state index contributed by atoms with van der Waals surface area (Å²) in [6.07, 6.45) is 23.6. The molecule has 1 saturated heterocycles. The second-order valence-electron chi connectivity index (χ2n) is 17.0. The molecule has 1 heterocycles. The standard InChI is InChI=1S/C48H84N2O8/c1-5-9-13-17-21-25-29-33-40(51)47(39-49,41(52)34-30-26-22-18-14-10-6-2)48(42(53)35-31-27-23-19-15-11-7-3,43(54)36-32-28-24-20-16-12-8-4)46(57)58-50-44(55)37-38-45(50)56/h5-39,49H2,1-4H3. The number of hydroxylamine groups is 2. The lowest BCUT2D eigenvalue weighted by Gasteiger charge is -2.44. The smallest absolute Gasteiger partial charge is 0.329 e. The monoisotopic (exact) mass is 817 g/mol. The molecule has 0 aromatic carbocycles. The molecule has 0 aliphatic carbocycles. The normalized spacial score (nSPS) is 13.4. The van der Waals surface area contributed by atoms with Crippen molar-refractivity contribution in [1.82, 2.24) is 5.06 Å². The lowest BCUT2D eigenvalue weighted by atomic mass is 9.52. The maximum atomic E-state index is 15.1. The van der Waals surface area contributed by atoms with E-state index in [1.165, 1.54) is 0 Å². The van der Waals surface area contributed by atoms with Crippen LogP contribution in [-0.2, 0) is 38.4 Å². The summed E-state index contributed by atoms with van der Waals surface area (Å²) >= 11 is 0. The summed E-state index contributed by atoms with van der Waals surface area (Å²) < 4.78 is 0. The fourth-order valence-electron chi connectivity index (χ4n) is 8.57. The molecule has 0 saturated carbocycles. The molecule has 10 nitrogen and oxygen atoms in total. The van der Waals surface area contributed by atoms with Gasteiger partial charge in [0.05, 0.1) is 0 Å². The second kappa shape index (κ2) is 32.1. The summed E-state index contributed by atoms with van der Waals surface area (Å²) in [5.41, 5.74) is 1.13. The van der Waals surface area contributed by atoms with Gasteiger partial charge in [-0.3, -0.25) is 28.8 Å². The highest BCUT2D eigenvalue weighted by atomic mass is 16.7. The van der Waals surface area contributed by atoms with E-state index in [1.807, 2.05) is 0 Å². The lowest BCUT2D eigenvalue weighted by molar-refractivity contribution is -0.211. The van der Waals surface area contributed by atoms with Gasteiger partial charge in [0.25, 0.3) is 11.8 Å². The molecule has 1 fully saturated rings. The SMILES string of the molecule is CCCCCCCCCC(=O)C(CN)(C(=O)CCCCCCCCC)C(C(=O)CCCCCCCCC)(C(=O)CCCCCCCCC)C(=O)ON1C(=O)CCC1=O. The number of amides is 2. The molecule has 0 atom stereocenters. The van der Waals surface area contributed by atoms with Crippen LogP contribution >= 0.6 is 0 Å². The number of ketones is 4. The maximum absolute atomic E-state index is 15.1. The third-order valence-corrected chi connectivity index (χ3v) is 12.3. The van der Waals surface area contributed by atoms with Gasteiger partial charge in [0.1, 0.15) is 17.0 Å². The van der Waals surface area contributed by atoms with Crippen molar-refractivity contribution in [1.29, 1.82) is 0 Å². The number of nitrogens with two attached hydrogens (primary N) is 1. The molecule has 0 unspecified atom stereocenters. The fraction of sp³-hybridized carbons (Fsp3) is 0.854. The zero-order valence-electron chi connectivity index (χ0n) is 37.5.